The maximum Gasteiger partial charge on any atom is 0.331 e. The van der Waals surface area contributed by atoms with Crippen molar-refractivity contribution in [3.05, 3.63) is 58.9 Å². The number of benzene rings is 2. The zero-order valence-corrected chi connectivity index (χ0v) is 11.9. The number of ether oxygens (including phenoxy) is 1. The lowest BCUT2D eigenvalue weighted by Crippen LogP contribution is -2.22. The summed E-state index contributed by atoms with van der Waals surface area (Å²) in [5.74, 6) is -1.42. The number of rotatable bonds is 5. The molecule has 2 aromatic rings. The van der Waals surface area contributed by atoms with E-state index in [9.17, 15) is 14.3 Å². The van der Waals surface area contributed by atoms with E-state index in [2.05, 4.69) is 5.32 Å². The van der Waals surface area contributed by atoms with Crippen LogP contribution in [0.25, 0.3) is 0 Å². The lowest BCUT2D eigenvalue weighted by Gasteiger charge is -2.20. The van der Waals surface area contributed by atoms with Crippen LogP contribution in [-0.2, 0) is 4.79 Å². The third kappa shape index (κ3) is 3.25. The molecule has 21 heavy (non-hydrogen) atoms. The molecule has 0 amide bonds. The highest BCUT2D eigenvalue weighted by atomic mass is 35.5. The first-order chi connectivity index (χ1) is 10.0. The Morgan fingerprint density at radius 1 is 1.29 bits per heavy atom. The Hall–Kier alpha value is -2.27. The van der Waals surface area contributed by atoms with E-state index in [-0.39, 0.29) is 16.3 Å². The number of aliphatic carboxylic acids is 1. The molecule has 0 saturated heterocycles. The first-order valence-electron chi connectivity index (χ1n) is 6.11. The second-order valence-corrected chi connectivity index (χ2v) is 4.66. The van der Waals surface area contributed by atoms with Crippen LogP contribution in [0.3, 0.4) is 0 Å². The summed E-state index contributed by atoms with van der Waals surface area (Å²) >= 11 is 6.08. The van der Waals surface area contributed by atoms with E-state index >= 15 is 0 Å². The van der Waals surface area contributed by atoms with E-state index in [0.29, 0.717) is 5.75 Å². The van der Waals surface area contributed by atoms with Gasteiger partial charge in [0.05, 0.1) is 17.8 Å². The van der Waals surface area contributed by atoms with Crippen molar-refractivity contribution < 1.29 is 19.0 Å². The number of para-hydroxylation sites is 1. The average Bonchev–Trinajstić information content (AvgIpc) is 2.46. The number of methoxy groups -OCH3 is 1. The summed E-state index contributed by atoms with van der Waals surface area (Å²) in [5.41, 5.74) is 0.323. The van der Waals surface area contributed by atoms with Gasteiger partial charge in [-0.15, -0.1) is 0 Å². The van der Waals surface area contributed by atoms with Gasteiger partial charge < -0.3 is 15.2 Å². The standard InChI is InChI=1S/C15H13ClFNO3/c1-21-12-8-4-5-9(16)13(12)14(15(19)20)18-11-7-3-2-6-10(11)17/h2-8,14,18H,1H3,(H,19,20). The van der Waals surface area contributed by atoms with E-state index in [1.807, 2.05) is 0 Å². The molecule has 0 bridgehead atoms. The minimum atomic E-state index is -1.23. The monoisotopic (exact) mass is 309 g/mol. The topological polar surface area (TPSA) is 58.6 Å². The van der Waals surface area contributed by atoms with Crippen molar-refractivity contribution in [3.63, 3.8) is 0 Å². The fraction of sp³-hybridized carbons (Fsp3) is 0.133. The summed E-state index contributed by atoms with van der Waals surface area (Å²) < 4.78 is 18.8. The largest absolute Gasteiger partial charge is 0.496 e. The number of carboxylic acid groups (broad SMARTS) is 1. The maximum absolute atomic E-state index is 13.7. The fourth-order valence-corrected chi connectivity index (χ4v) is 2.24. The van der Waals surface area contributed by atoms with Gasteiger partial charge in [0, 0.05) is 5.56 Å². The zero-order valence-electron chi connectivity index (χ0n) is 11.1. The number of carboxylic acids is 1. The highest BCUT2D eigenvalue weighted by molar-refractivity contribution is 6.31. The summed E-state index contributed by atoms with van der Waals surface area (Å²) in [6.07, 6.45) is 0. The number of hydrogen-bond acceptors (Lipinski definition) is 3. The number of hydrogen-bond donors (Lipinski definition) is 2. The fourth-order valence-electron chi connectivity index (χ4n) is 1.97. The molecule has 2 N–H and O–H groups in total. The lowest BCUT2D eigenvalue weighted by atomic mass is 10.0. The second kappa shape index (κ2) is 6.45. The summed E-state index contributed by atoms with van der Waals surface area (Å²) in [7, 11) is 1.41. The predicted molar refractivity (Wildman–Crippen MR) is 78.4 cm³/mol. The Morgan fingerprint density at radius 3 is 2.62 bits per heavy atom. The molecule has 1 atom stereocenters. The molecule has 0 aliphatic heterocycles. The molecule has 2 rings (SSSR count). The van der Waals surface area contributed by atoms with Gasteiger partial charge in [-0.3, -0.25) is 0 Å². The van der Waals surface area contributed by atoms with Crippen LogP contribution in [0.4, 0.5) is 10.1 Å². The molecule has 2 aromatic carbocycles. The molecule has 1 unspecified atom stereocenters. The van der Waals surface area contributed by atoms with Crippen LogP contribution in [0.1, 0.15) is 11.6 Å². The van der Waals surface area contributed by atoms with Crippen LogP contribution < -0.4 is 10.1 Å². The number of nitrogens with one attached hydrogen (secondary N) is 1. The Labute approximate surface area is 126 Å². The number of halogens is 2. The van der Waals surface area contributed by atoms with Crippen molar-refractivity contribution in [2.45, 2.75) is 6.04 Å². The van der Waals surface area contributed by atoms with Crippen molar-refractivity contribution >= 4 is 23.3 Å². The van der Waals surface area contributed by atoms with Crippen molar-refractivity contribution in [3.8, 4) is 5.75 Å². The highest BCUT2D eigenvalue weighted by Gasteiger charge is 2.26. The van der Waals surface area contributed by atoms with Crippen LogP contribution in [0.15, 0.2) is 42.5 Å². The zero-order chi connectivity index (χ0) is 15.4. The normalized spacial score (nSPS) is 11.8. The van der Waals surface area contributed by atoms with Gasteiger partial charge in [-0.25, -0.2) is 9.18 Å². The minimum Gasteiger partial charge on any atom is -0.496 e. The van der Waals surface area contributed by atoms with Gasteiger partial charge in [-0.05, 0) is 24.3 Å². The predicted octanol–water partition coefficient (Wildman–Crippen LogP) is 3.73. The van der Waals surface area contributed by atoms with Gasteiger partial charge >= 0.3 is 5.97 Å². The molecule has 0 aliphatic carbocycles. The summed E-state index contributed by atoms with van der Waals surface area (Å²) in [6.45, 7) is 0. The molecule has 110 valence electrons. The lowest BCUT2D eigenvalue weighted by molar-refractivity contribution is -0.138. The van der Waals surface area contributed by atoms with Gasteiger partial charge in [0.1, 0.15) is 11.6 Å². The van der Waals surface area contributed by atoms with E-state index in [4.69, 9.17) is 16.3 Å². The Kier molecular flexibility index (Phi) is 4.65. The van der Waals surface area contributed by atoms with Gasteiger partial charge in [0.2, 0.25) is 0 Å². The molecule has 0 fully saturated rings. The van der Waals surface area contributed by atoms with Crippen LogP contribution in [0.2, 0.25) is 5.02 Å². The molecule has 6 heteroatoms. The summed E-state index contributed by atoms with van der Waals surface area (Å²) in [6, 6.07) is 9.39. The second-order valence-electron chi connectivity index (χ2n) is 4.25. The van der Waals surface area contributed by atoms with Crippen LogP contribution in [0, 0.1) is 5.82 Å². The van der Waals surface area contributed by atoms with Crippen LogP contribution in [-0.4, -0.2) is 18.2 Å². The molecule has 4 nitrogen and oxygen atoms in total. The van der Waals surface area contributed by atoms with Crippen molar-refractivity contribution in [1.82, 2.24) is 0 Å². The Balaban J connectivity index is 2.46. The van der Waals surface area contributed by atoms with Gasteiger partial charge in [-0.1, -0.05) is 29.8 Å². The van der Waals surface area contributed by atoms with Gasteiger partial charge in [-0.2, -0.15) is 0 Å². The van der Waals surface area contributed by atoms with E-state index < -0.39 is 17.8 Å². The van der Waals surface area contributed by atoms with Gasteiger partial charge in [0.25, 0.3) is 0 Å². The first-order valence-corrected chi connectivity index (χ1v) is 6.48. The van der Waals surface area contributed by atoms with E-state index in [1.165, 1.54) is 25.3 Å². The maximum atomic E-state index is 13.7. The Morgan fingerprint density at radius 2 is 2.00 bits per heavy atom. The van der Waals surface area contributed by atoms with E-state index in [1.54, 1.807) is 24.3 Å². The molecule has 0 spiro atoms. The minimum absolute atomic E-state index is 0.0758. The highest BCUT2D eigenvalue weighted by Crippen LogP contribution is 2.34. The Bertz CT molecular complexity index is 663. The molecule has 0 aromatic heterocycles. The third-order valence-electron chi connectivity index (χ3n) is 2.94. The average molecular weight is 310 g/mol. The van der Waals surface area contributed by atoms with Crippen molar-refractivity contribution in [1.29, 1.82) is 0 Å². The number of anilines is 1. The van der Waals surface area contributed by atoms with Gasteiger partial charge in [0.15, 0.2) is 6.04 Å². The smallest absolute Gasteiger partial charge is 0.331 e. The molecule has 0 aliphatic rings. The molecular formula is C15H13ClFNO3. The van der Waals surface area contributed by atoms with Crippen LogP contribution in [0.5, 0.6) is 5.75 Å². The molecule has 0 heterocycles. The van der Waals surface area contributed by atoms with Crippen LogP contribution >= 0.6 is 11.6 Å². The quantitative estimate of drug-likeness (QED) is 0.883. The molecule has 0 radical (unpaired) electrons. The molecule has 0 saturated carbocycles. The van der Waals surface area contributed by atoms with Crippen molar-refractivity contribution in [2.75, 3.05) is 12.4 Å². The third-order valence-corrected chi connectivity index (χ3v) is 3.27. The number of carbonyl (C=O) groups is 1. The summed E-state index contributed by atoms with van der Waals surface area (Å²) in [4.78, 5) is 11.5. The SMILES string of the molecule is COc1cccc(Cl)c1C(Nc1ccccc1F)C(=O)O. The van der Waals surface area contributed by atoms with E-state index in [0.717, 1.165) is 0 Å². The summed E-state index contributed by atoms with van der Waals surface area (Å²) in [5, 5.41) is 12.3. The first kappa shape index (κ1) is 15.1. The van der Waals surface area contributed by atoms with Crippen molar-refractivity contribution in [2.24, 2.45) is 0 Å². The molecular weight excluding hydrogens is 297 g/mol.